The van der Waals surface area contributed by atoms with Crippen LogP contribution in [0.4, 0.5) is 4.79 Å². The molecule has 4 nitrogen and oxygen atoms in total. The molecule has 0 heterocycles. The molecule has 0 atom stereocenters. The minimum absolute atomic E-state index is 0.361. The number of primary amides is 1. The summed E-state index contributed by atoms with van der Waals surface area (Å²) in [5.41, 5.74) is 4.03. The summed E-state index contributed by atoms with van der Waals surface area (Å²) >= 11 is 4.64. The van der Waals surface area contributed by atoms with E-state index < -0.39 is 6.09 Å². The van der Waals surface area contributed by atoms with E-state index in [0.29, 0.717) is 0 Å². The number of carboxylic acid groups (broad SMARTS) is 1. The van der Waals surface area contributed by atoms with Crippen molar-refractivity contribution in [1.82, 2.24) is 0 Å². The fourth-order valence-electron chi connectivity index (χ4n) is 0. The molecule has 0 bridgehead atoms. The maximum Gasteiger partial charge on any atom is 0.402 e. The molecule has 0 aromatic rings. The highest BCUT2D eigenvalue weighted by Crippen LogP contribution is 1.67. The molecule has 5 heteroatoms. The standard InChI is InChI=1S/C2H3ClO.CH3NO2/c1-2(3)4;2-1(3)4/h1H3;2H2,(H,3,4). The first-order valence-corrected chi connectivity index (χ1v) is 1.99. The molecule has 3 N–H and O–H groups in total. The number of hydrogen-bond acceptors (Lipinski definition) is 2. The van der Waals surface area contributed by atoms with E-state index in [1.54, 1.807) is 0 Å². The lowest BCUT2D eigenvalue weighted by molar-refractivity contribution is -0.109. The van der Waals surface area contributed by atoms with Gasteiger partial charge in [0.25, 0.3) is 0 Å². The highest BCUT2D eigenvalue weighted by Gasteiger charge is 1.67. The highest BCUT2D eigenvalue weighted by atomic mass is 35.5. The topological polar surface area (TPSA) is 80.4 Å². The van der Waals surface area contributed by atoms with Crippen LogP contribution in [0.5, 0.6) is 0 Å². The van der Waals surface area contributed by atoms with Crippen LogP contribution in [0.3, 0.4) is 0 Å². The largest absolute Gasteiger partial charge is 0.465 e. The van der Waals surface area contributed by atoms with Gasteiger partial charge in [0.2, 0.25) is 5.24 Å². The Morgan fingerprint density at radius 3 is 1.62 bits per heavy atom. The smallest absolute Gasteiger partial charge is 0.402 e. The maximum absolute atomic E-state index is 9.21. The van der Waals surface area contributed by atoms with E-state index in [2.05, 4.69) is 17.3 Å². The molecular formula is C3H6ClNO3. The Balaban J connectivity index is 0. The Bertz CT molecular complexity index is 72.5. The predicted octanol–water partition coefficient (Wildman–Crippen LogP) is 0.395. The van der Waals surface area contributed by atoms with E-state index in [1.807, 2.05) is 0 Å². The molecule has 1 amide bonds. The number of amides is 1. The molecule has 0 rings (SSSR count). The summed E-state index contributed by atoms with van der Waals surface area (Å²) in [5, 5.41) is 6.83. The summed E-state index contributed by atoms with van der Waals surface area (Å²) in [6, 6.07) is 0. The third kappa shape index (κ3) is 158. The Morgan fingerprint density at radius 1 is 1.62 bits per heavy atom. The summed E-state index contributed by atoms with van der Waals surface area (Å²) in [6.07, 6.45) is -1.33. The van der Waals surface area contributed by atoms with Crippen molar-refractivity contribution in [2.24, 2.45) is 5.73 Å². The molecule has 48 valence electrons. The highest BCUT2D eigenvalue weighted by molar-refractivity contribution is 6.62. The Kier molecular flexibility index (Phi) is 7.99. The van der Waals surface area contributed by atoms with Gasteiger partial charge in [-0.3, -0.25) is 4.79 Å². The SMILES string of the molecule is CC(=O)Cl.NC(=O)O. The molecule has 0 aliphatic heterocycles. The molecule has 0 aliphatic carbocycles. The first kappa shape index (κ1) is 10.3. The van der Waals surface area contributed by atoms with Crippen molar-refractivity contribution in [2.45, 2.75) is 6.92 Å². The fourth-order valence-corrected chi connectivity index (χ4v) is 0. The van der Waals surface area contributed by atoms with Crippen molar-refractivity contribution < 1.29 is 14.7 Å². The van der Waals surface area contributed by atoms with Gasteiger partial charge in [-0.05, 0) is 11.6 Å². The molecule has 8 heavy (non-hydrogen) atoms. The van der Waals surface area contributed by atoms with E-state index in [0.717, 1.165) is 0 Å². The van der Waals surface area contributed by atoms with E-state index in [4.69, 9.17) is 9.90 Å². The van der Waals surface area contributed by atoms with Crippen LogP contribution in [0.15, 0.2) is 0 Å². The summed E-state index contributed by atoms with van der Waals surface area (Å²) in [4.78, 5) is 18.0. The summed E-state index contributed by atoms with van der Waals surface area (Å²) in [6.45, 7) is 1.29. The second-order valence-electron chi connectivity index (χ2n) is 0.808. The van der Waals surface area contributed by atoms with Crippen molar-refractivity contribution in [1.29, 1.82) is 0 Å². The van der Waals surface area contributed by atoms with Crippen molar-refractivity contribution in [3.63, 3.8) is 0 Å². The lowest BCUT2D eigenvalue weighted by atomic mass is 10.9. The van der Waals surface area contributed by atoms with Crippen LogP contribution >= 0.6 is 11.6 Å². The third-order valence-corrected chi connectivity index (χ3v) is 0. The first-order valence-electron chi connectivity index (χ1n) is 1.61. The molecule has 0 unspecified atom stereocenters. The normalized spacial score (nSPS) is 6.25. The van der Waals surface area contributed by atoms with Crippen LogP contribution in [0.1, 0.15) is 6.92 Å². The number of hydrogen-bond donors (Lipinski definition) is 2. The molecule has 0 aromatic heterocycles. The van der Waals surface area contributed by atoms with Gasteiger partial charge in [0.05, 0.1) is 0 Å². The van der Waals surface area contributed by atoms with Crippen molar-refractivity contribution >= 4 is 22.9 Å². The second-order valence-corrected chi connectivity index (χ2v) is 1.34. The van der Waals surface area contributed by atoms with E-state index in [1.165, 1.54) is 6.92 Å². The Hall–Kier alpha value is -0.770. The summed E-state index contributed by atoms with van der Waals surface area (Å²) in [5.74, 6) is 0. The van der Waals surface area contributed by atoms with Crippen molar-refractivity contribution in [3.8, 4) is 0 Å². The van der Waals surface area contributed by atoms with Gasteiger partial charge in [0.1, 0.15) is 0 Å². The number of carbonyl (C=O) groups is 2. The number of nitrogens with two attached hydrogens (primary N) is 1. The van der Waals surface area contributed by atoms with Crippen LogP contribution in [-0.2, 0) is 4.79 Å². The predicted molar refractivity (Wildman–Crippen MR) is 28.7 cm³/mol. The minimum atomic E-state index is -1.33. The monoisotopic (exact) mass is 139 g/mol. The van der Waals surface area contributed by atoms with Gasteiger partial charge >= 0.3 is 6.09 Å². The Morgan fingerprint density at radius 2 is 1.62 bits per heavy atom. The molecule has 0 aliphatic rings. The third-order valence-electron chi connectivity index (χ3n) is 0. The van der Waals surface area contributed by atoms with Crippen molar-refractivity contribution in [2.75, 3.05) is 0 Å². The zero-order chi connectivity index (χ0) is 7.15. The Labute approximate surface area is 51.2 Å². The van der Waals surface area contributed by atoms with Crippen LogP contribution in [0.25, 0.3) is 0 Å². The van der Waals surface area contributed by atoms with Crippen LogP contribution in [-0.4, -0.2) is 16.4 Å². The molecule has 0 spiro atoms. The lowest BCUT2D eigenvalue weighted by Gasteiger charge is -1.61. The molecule has 0 radical (unpaired) electrons. The van der Waals surface area contributed by atoms with E-state index in [9.17, 15) is 4.79 Å². The summed E-state index contributed by atoms with van der Waals surface area (Å²) < 4.78 is 0. The summed E-state index contributed by atoms with van der Waals surface area (Å²) in [7, 11) is 0. The average Bonchev–Trinajstić information content (AvgIpc) is 1.25. The lowest BCUT2D eigenvalue weighted by Crippen LogP contribution is -2.03. The van der Waals surface area contributed by atoms with E-state index in [-0.39, 0.29) is 5.24 Å². The maximum atomic E-state index is 9.21. The fraction of sp³-hybridized carbons (Fsp3) is 0.333. The van der Waals surface area contributed by atoms with Crippen LogP contribution in [0, 0.1) is 0 Å². The van der Waals surface area contributed by atoms with Crippen molar-refractivity contribution in [3.05, 3.63) is 0 Å². The second kappa shape index (κ2) is 6.23. The van der Waals surface area contributed by atoms with Gasteiger partial charge in [0.15, 0.2) is 0 Å². The van der Waals surface area contributed by atoms with Gasteiger partial charge in [0, 0.05) is 6.92 Å². The molecule has 0 aromatic carbocycles. The minimum Gasteiger partial charge on any atom is -0.465 e. The van der Waals surface area contributed by atoms with Gasteiger partial charge < -0.3 is 10.8 Å². The van der Waals surface area contributed by atoms with Gasteiger partial charge in [-0.25, -0.2) is 4.79 Å². The molecule has 0 saturated carbocycles. The average molecular weight is 140 g/mol. The quantitative estimate of drug-likeness (QED) is 0.477. The number of rotatable bonds is 0. The zero-order valence-corrected chi connectivity index (χ0v) is 4.97. The van der Waals surface area contributed by atoms with Gasteiger partial charge in [-0.2, -0.15) is 0 Å². The number of halogens is 1. The van der Waals surface area contributed by atoms with E-state index >= 15 is 0 Å². The van der Waals surface area contributed by atoms with Gasteiger partial charge in [-0.15, -0.1) is 0 Å². The molecule has 0 saturated heterocycles. The number of carbonyl (C=O) groups excluding carboxylic acids is 1. The molecule has 0 fully saturated rings. The van der Waals surface area contributed by atoms with Crippen LogP contribution < -0.4 is 5.73 Å². The zero-order valence-electron chi connectivity index (χ0n) is 4.22. The molecular weight excluding hydrogens is 133 g/mol. The van der Waals surface area contributed by atoms with Gasteiger partial charge in [-0.1, -0.05) is 0 Å². The first-order chi connectivity index (χ1) is 3.46. The van der Waals surface area contributed by atoms with Crippen LogP contribution in [0.2, 0.25) is 0 Å².